The van der Waals surface area contributed by atoms with Gasteiger partial charge in [-0.1, -0.05) is 0 Å². The topological polar surface area (TPSA) is 58.4 Å². The number of hydrogen-bond acceptors (Lipinski definition) is 3. The molecule has 3 heterocycles. The van der Waals surface area contributed by atoms with Crippen molar-refractivity contribution in [3.8, 4) is 5.69 Å². The average molecular weight is 425 g/mol. The van der Waals surface area contributed by atoms with Crippen molar-refractivity contribution in [3.05, 3.63) is 47.0 Å². The van der Waals surface area contributed by atoms with Crippen LogP contribution < -0.4 is 0 Å². The molecule has 2 fully saturated rings. The predicted molar refractivity (Wildman–Crippen MR) is 115 cm³/mol. The van der Waals surface area contributed by atoms with E-state index in [-0.39, 0.29) is 23.5 Å². The Balaban J connectivity index is 1.34. The lowest BCUT2D eigenvalue weighted by atomic mass is 9.93. The number of hydrogen-bond donors (Lipinski definition) is 0. The monoisotopic (exact) mass is 424 g/mol. The summed E-state index contributed by atoms with van der Waals surface area (Å²) in [7, 11) is 0. The molecular formula is C24H29FN4O2. The minimum atomic E-state index is -0.285. The van der Waals surface area contributed by atoms with Crippen LogP contribution >= 0.6 is 0 Å². The fraction of sp³-hybridized carbons (Fsp3) is 0.542. The first kappa shape index (κ1) is 20.2. The van der Waals surface area contributed by atoms with E-state index in [1.807, 2.05) is 14.5 Å². The summed E-state index contributed by atoms with van der Waals surface area (Å²) in [6, 6.07) is 6.27. The van der Waals surface area contributed by atoms with Gasteiger partial charge in [-0.25, -0.2) is 9.07 Å². The van der Waals surface area contributed by atoms with Crippen molar-refractivity contribution in [2.75, 3.05) is 26.2 Å². The van der Waals surface area contributed by atoms with Crippen LogP contribution in [0.25, 0.3) is 5.69 Å². The predicted octanol–water partition coefficient (Wildman–Crippen LogP) is 3.36. The van der Waals surface area contributed by atoms with Gasteiger partial charge in [-0.2, -0.15) is 5.10 Å². The maximum atomic E-state index is 13.4. The van der Waals surface area contributed by atoms with Crippen LogP contribution in [-0.4, -0.2) is 57.6 Å². The largest absolute Gasteiger partial charge is 0.342 e. The number of nitrogens with zero attached hydrogens (tertiary/aromatic N) is 4. The highest BCUT2D eigenvalue weighted by molar-refractivity contribution is 5.94. The molecule has 1 aromatic carbocycles. The van der Waals surface area contributed by atoms with Crippen LogP contribution in [0.3, 0.4) is 0 Å². The van der Waals surface area contributed by atoms with E-state index in [0.717, 1.165) is 81.4 Å². The van der Waals surface area contributed by atoms with Gasteiger partial charge in [-0.15, -0.1) is 0 Å². The molecule has 2 aromatic rings. The highest BCUT2D eigenvalue weighted by Crippen LogP contribution is 2.29. The molecule has 1 aromatic heterocycles. The minimum Gasteiger partial charge on any atom is -0.342 e. The number of halogens is 1. The van der Waals surface area contributed by atoms with Gasteiger partial charge in [0.2, 0.25) is 5.91 Å². The smallest absolute Gasteiger partial charge is 0.274 e. The Morgan fingerprint density at radius 2 is 1.55 bits per heavy atom. The Bertz CT molecular complexity index is 970. The van der Waals surface area contributed by atoms with Gasteiger partial charge in [0.25, 0.3) is 5.91 Å². The summed E-state index contributed by atoms with van der Waals surface area (Å²) < 4.78 is 15.2. The molecule has 2 amide bonds. The molecule has 2 saturated heterocycles. The van der Waals surface area contributed by atoms with Gasteiger partial charge in [0, 0.05) is 43.4 Å². The fourth-order valence-corrected chi connectivity index (χ4v) is 5.24. The third-order valence-corrected chi connectivity index (χ3v) is 7.00. The van der Waals surface area contributed by atoms with Gasteiger partial charge in [0.15, 0.2) is 5.69 Å². The van der Waals surface area contributed by atoms with Crippen molar-refractivity contribution in [3.63, 3.8) is 0 Å². The molecule has 0 saturated carbocycles. The molecule has 7 heteroatoms. The van der Waals surface area contributed by atoms with Crippen LogP contribution in [0.2, 0.25) is 0 Å². The SMILES string of the molecule is O=C(c1nn(-c2ccc(F)cc2)c2c1CCCC2)N1CCC(C(=O)N2CCCC2)CC1. The van der Waals surface area contributed by atoms with Crippen LogP contribution in [0.5, 0.6) is 0 Å². The molecule has 2 aliphatic heterocycles. The Hall–Kier alpha value is -2.70. The van der Waals surface area contributed by atoms with Gasteiger partial charge < -0.3 is 9.80 Å². The molecular weight excluding hydrogens is 395 g/mol. The first-order valence-corrected chi connectivity index (χ1v) is 11.6. The first-order valence-electron chi connectivity index (χ1n) is 11.6. The number of carbonyl (C=O) groups is 2. The molecule has 6 nitrogen and oxygen atoms in total. The van der Waals surface area contributed by atoms with Crippen molar-refractivity contribution in [2.45, 2.75) is 51.4 Å². The third kappa shape index (κ3) is 3.86. The van der Waals surface area contributed by atoms with E-state index in [1.54, 1.807) is 12.1 Å². The van der Waals surface area contributed by atoms with Crippen molar-refractivity contribution >= 4 is 11.8 Å². The van der Waals surface area contributed by atoms with Crippen LogP contribution in [-0.2, 0) is 17.6 Å². The van der Waals surface area contributed by atoms with Crippen molar-refractivity contribution in [1.29, 1.82) is 0 Å². The number of carbonyl (C=O) groups excluding carboxylic acids is 2. The Morgan fingerprint density at radius 3 is 2.26 bits per heavy atom. The number of benzene rings is 1. The molecule has 0 radical (unpaired) electrons. The van der Waals surface area contributed by atoms with E-state index in [2.05, 4.69) is 0 Å². The summed E-state index contributed by atoms with van der Waals surface area (Å²) in [4.78, 5) is 30.0. The van der Waals surface area contributed by atoms with Gasteiger partial charge in [-0.05, 0) is 75.6 Å². The average Bonchev–Trinajstić information content (AvgIpc) is 3.48. The maximum Gasteiger partial charge on any atom is 0.274 e. The van der Waals surface area contributed by atoms with E-state index < -0.39 is 0 Å². The summed E-state index contributed by atoms with van der Waals surface area (Å²) >= 11 is 0. The standard InChI is InChI=1S/C24H29FN4O2/c25-18-7-9-19(10-8-18)29-21-6-2-1-5-20(21)22(26-29)24(31)28-15-11-17(12-16-28)23(30)27-13-3-4-14-27/h7-10,17H,1-6,11-16H2. The van der Waals surface area contributed by atoms with E-state index in [1.165, 1.54) is 12.1 Å². The summed E-state index contributed by atoms with van der Waals surface area (Å²) in [6.45, 7) is 2.96. The van der Waals surface area contributed by atoms with Gasteiger partial charge >= 0.3 is 0 Å². The number of aromatic nitrogens is 2. The summed E-state index contributed by atoms with van der Waals surface area (Å²) in [5.74, 6) is -0.0195. The summed E-state index contributed by atoms with van der Waals surface area (Å²) in [5, 5.41) is 4.71. The van der Waals surface area contributed by atoms with Gasteiger partial charge in [-0.3, -0.25) is 9.59 Å². The molecule has 3 aliphatic rings. The van der Waals surface area contributed by atoms with Crippen LogP contribution in [0, 0.1) is 11.7 Å². The van der Waals surface area contributed by atoms with Crippen LogP contribution in [0.4, 0.5) is 4.39 Å². The molecule has 0 spiro atoms. The second kappa shape index (κ2) is 8.44. The van der Waals surface area contributed by atoms with Crippen LogP contribution in [0.15, 0.2) is 24.3 Å². The summed E-state index contributed by atoms with van der Waals surface area (Å²) in [6.07, 6.45) is 7.49. The fourth-order valence-electron chi connectivity index (χ4n) is 5.24. The summed E-state index contributed by atoms with van der Waals surface area (Å²) in [5.41, 5.74) is 3.42. The Labute approximate surface area is 182 Å². The van der Waals surface area contributed by atoms with Gasteiger partial charge in [0.05, 0.1) is 5.69 Å². The lowest BCUT2D eigenvalue weighted by Gasteiger charge is -2.33. The first-order chi connectivity index (χ1) is 15.1. The van der Waals surface area contributed by atoms with E-state index in [0.29, 0.717) is 18.8 Å². The number of fused-ring (bicyclic) bond motifs is 1. The molecule has 31 heavy (non-hydrogen) atoms. The molecule has 0 atom stereocenters. The van der Waals surface area contributed by atoms with Crippen molar-refractivity contribution in [2.24, 2.45) is 5.92 Å². The molecule has 1 aliphatic carbocycles. The quantitative estimate of drug-likeness (QED) is 0.759. The Morgan fingerprint density at radius 1 is 0.871 bits per heavy atom. The second-order valence-corrected chi connectivity index (χ2v) is 8.97. The second-order valence-electron chi connectivity index (χ2n) is 8.97. The number of likely N-dealkylation sites (tertiary alicyclic amines) is 2. The highest BCUT2D eigenvalue weighted by Gasteiger charge is 2.34. The number of piperidine rings is 1. The zero-order valence-electron chi connectivity index (χ0n) is 17.9. The van der Waals surface area contributed by atoms with Crippen molar-refractivity contribution in [1.82, 2.24) is 19.6 Å². The number of amides is 2. The van der Waals surface area contributed by atoms with E-state index >= 15 is 0 Å². The molecule has 0 N–H and O–H groups in total. The van der Waals surface area contributed by atoms with Crippen LogP contribution in [0.1, 0.15) is 60.3 Å². The normalized spacial score (nSPS) is 19.5. The molecule has 0 unspecified atom stereocenters. The molecule has 164 valence electrons. The molecule has 0 bridgehead atoms. The third-order valence-electron chi connectivity index (χ3n) is 7.00. The van der Waals surface area contributed by atoms with Crippen molar-refractivity contribution < 1.29 is 14.0 Å². The minimum absolute atomic E-state index is 0.0350. The van der Waals surface area contributed by atoms with E-state index in [9.17, 15) is 14.0 Å². The van der Waals surface area contributed by atoms with Gasteiger partial charge in [0.1, 0.15) is 5.82 Å². The maximum absolute atomic E-state index is 13.4. The lowest BCUT2D eigenvalue weighted by molar-refractivity contribution is -0.135. The zero-order valence-corrected chi connectivity index (χ0v) is 17.9. The zero-order chi connectivity index (χ0) is 21.4. The van der Waals surface area contributed by atoms with E-state index in [4.69, 9.17) is 5.10 Å². The lowest BCUT2D eigenvalue weighted by Crippen LogP contribution is -2.44. The molecule has 5 rings (SSSR count). The number of rotatable bonds is 3. The Kier molecular flexibility index (Phi) is 5.50. The highest BCUT2D eigenvalue weighted by atomic mass is 19.1.